The Kier molecular flexibility index (Phi) is 5.76. The van der Waals surface area contributed by atoms with E-state index in [1.807, 2.05) is 50.3 Å². The molecule has 0 saturated heterocycles. The Hall–Kier alpha value is -2.54. The van der Waals surface area contributed by atoms with Gasteiger partial charge in [0.05, 0.1) is 17.8 Å². The minimum Gasteiger partial charge on any atom is -0.309 e. The van der Waals surface area contributed by atoms with Gasteiger partial charge >= 0.3 is 0 Å². The van der Waals surface area contributed by atoms with E-state index in [-0.39, 0.29) is 5.91 Å². The van der Waals surface area contributed by atoms with Gasteiger partial charge in [-0.2, -0.15) is 0 Å². The summed E-state index contributed by atoms with van der Waals surface area (Å²) in [6.07, 6.45) is 4.06. The maximum Gasteiger partial charge on any atom is 0.230 e. The lowest BCUT2D eigenvalue weighted by Gasteiger charge is -2.20. The maximum atomic E-state index is 12.7. The molecule has 146 valence electrons. The summed E-state index contributed by atoms with van der Waals surface area (Å²) in [4.78, 5) is 22.4. The van der Waals surface area contributed by atoms with Gasteiger partial charge in [-0.05, 0) is 78.6 Å². The third kappa shape index (κ3) is 4.56. The standard InChI is InChI=1S/C24H22IN3O/c1-15(2)13-21-24(28-22(29)14-16-7-10-18(25)11-8-16)27-20-12-9-17-5-3-4-6-19(17)23(20)26-21/h3-8,10-11,13H,9,12,14H2,1-2H3,(H,27,28,29). The van der Waals surface area contributed by atoms with Crippen molar-refractivity contribution in [3.8, 4) is 11.3 Å². The fourth-order valence-corrected chi connectivity index (χ4v) is 3.89. The van der Waals surface area contributed by atoms with Crippen LogP contribution in [0.5, 0.6) is 0 Å². The summed E-state index contributed by atoms with van der Waals surface area (Å²) in [6.45, 7) is 4.04. The molecular weight excluding hydrogens is 473 g/mol. The van der Waals surface area contributed by atoms with Gasteiger partial charge in [-0.15, -0.1) is 0 Å². The molecule has 4 nitrogen and oxygen atoms in total. The van der Waals surface area contributed by atoms with Crippen LogP contribution < -0.4 is 5.32 Å². The van der Waals surface area contributed by atoms with E-state index < -0.39 is 0 Å². The van der Waals surface area contributed by atoms with E-state index >= 15 is 0 Å². The number of hydrogen-bond donors (Lipinski definition) is 1. The van der Waals surface area contributed by atoms with Gasteiger partial charge in [-0.25, -0.2) is 9.97 Å². The fourth-order valence-electron chi connectivity index (χ4n) is 3.53. The Morgan fingerprint density at radius 2 is 1.83 bits per heavy atom. The van der Waals surface area contributed by atoms with Crippen molar-refractivity contribution < 1.29 is 4.79 Å². The molecule has 0 radical (unpaired) electrons. The molecule has 1 aliphatic rings. The number of allylic oxidation sites excluding steroid dienone is 1. The second kappa shape index (κ2) is 8.45. The van der Waals surface area contributed by atoms with Gasteiger partial charge in [-0.3, -0.25) is 4.79 Å². The summed E-state index contributed by atoms with van der Waals surface area (Å²) in [6, 6.07) is 16.3. The van der Waals surface area contributed by atoms with Crippen LogP contribution in [0, 0.1) is 3.57 Å². The van der Waals surface area contributed by atoms with E-state index in [1.54, 1.807) is 0 Å². The van der Waals surface area contributed by atoms with Gasteiger partial charge in [0.15, 0.2) is 5.82 Å². The highest BCUT2D eigenvalue weighted by atomic mass is 127. The molecule has 1 aromatic heterocycles. The first kappa shape index (κ1) is 19.8. The van der Waals surface area contributed by atoms with Crippen molar-refractivity contribution in [2.24, 2.45) is 0 Å². The Labute approximate surface area is 184 Å². The van der Waals surface area contributed by atoms with Gasteiger partial charge in [0.1, 0.15) is 5.69 Å². The zero-order valence-corrected chi connectivity index (χ0v) is 18.7. The van der Waals surface area contributed by atoms with Crippen LogP contribution in [0.4, 0.5) is 5.82 Å². The topological polar surface area (TPSA) is 54.9 Å². The normalized spacial score (nSPS) is 12.0. The molecule has 1 amide bonds. The number of halogens is 1. The summed E-state index contributed by atoms with van der Waals surface area (Å²) in [7, 11) is 0. The molecule has 29 heavy (non-hydrogen) atoms. The predicted octanol–water partition coefficient (Wildman–Crippen LogP) is 5.45. The maximum absolute atomic E-state index is 12.7. The van der Waals surface area contributed by atoms with E-state index in [2.05, 4.69) is 46.1 Å². The van der Waals surface area contributed by atoms with Crippen molar-refractivity contribution in [1.29, 1.82) is 0 Å². The van der Waals surface area contributed by atoms with Crippen molar-refractivity contribution in [2.45, 2.75) is 33.1 Å². The van der Waals surface area contributed by atoms with Gasteiger partial charge in [0, 0.05) is 9.13 Å². The molecule has 0 spiro atoms. The predicted molar refractivity (Wildman–Crippen MR) is 126 cm³/mol. The fraction of sp³-hybridized carbons (Fsp3) is 0.208. The average Bonchev–Trinajstić information content (AvgIpc) is 2.70. The first-order valence-corrected chi connectivity index (χ1v) is 10.8. The lowest BCUT2D eigenvalue weighted by atomic mass is 9.92. The number of amides is 1. The second-order valence-corrected chi connectivity index (χ2v) is 8.73. The van der Waals surface area contributed by atoms with Crippen molar-refractivity contribution >= 4 is 40.4 Å². The summed E-state index contributed by atoms with van der Waals surface area (Å²) >= 11 is 2.26. The number of carbonyl (C=O) groups excluding carboxylic acids is 1. The third-order valence-corrected chi connectivity index (χ3v) is 5.58. The van der Waals surface area contributed by atoms with Crippen LogP contribution in [0.15, 0.2) is 54.1 Å². The Bertz CT molecular complexity index is 1100. The molecule has 0 atom stereocenters. The van der Waals surface area contributed by atoms with E-state index in [0.29, 0.717) is 17.9 Å². The summed E-state index contributed by atoms with van der Waals surface area (Å²) in [5.41, 5.74) is 7.10. The molecule has 0 aliphatic heterocycles. The van der Waals surface area contributed by atoms with Crippen LogP contribution in [0.25, 0.3) is 17.3 Å². The van der Waals surface area contributed by atoms with Crippen LogP contribution in [-0.4, -0.2) is 15.9 Å². The van der Waals surface area contributed by atoms with Gasteiger partial charge < -0.3 is 5.32 Å². The molecule has 0 fully saturated rings. The largest absolute Gasteiger partial charge is 0.309 e. The number of anilines is 1. The Morgan fingerprint density at radius 3 is 2.59 bits per heavy atom. The van der Waals surface area contributed by atoms with Gasteiger partial charge in [0.2, 0.25) is 5.91 Å². The van der Waals surface area contributed by atoms with E-state index in [9.17, 15) is 4.79 Å². The van der Waals surface area contributed by atoms with E-state index in [4.69, 9.17) is 9.97 Å². The molecule has 1 heterocycles. The molecule has 5 heteroatoms. The SMILES string of the molecule is CC(C)=Cc1nc2c(nc1NC(=O)Cc1ccc(I)cc1)CCc1ccccc1-2. The molecule has 1 N–H and O–H groups in total. The number of aryl methyl sites for hydroxylation is 2. The number of rotatable bonds is 4. The number of hydrogen-bond acceptors (Lipinski definition) is 3. The summed E-state index contributed by atoms with van der Waals surface area (Å²) in [5, 5.41) is 2.99. The first-order valence-electron chi connectivity index (χ1n) is 9.68. The number of aromatic nitrogens is 2. The lowest BCUT2D eigenvalue weighted by Crippen LogP contribution is -2.19. The van der Waals surface area contributed by atoms with Crippen molar-refractivity contribution in [1.82, 2.24) is 9.97 Å². The molecule has 1 aliphatic carbocycles. The Balaban J connectivity index is 1.67. The van der Waals surface area contributed by atoms with E-state index in [1.165, 1.54) is 5.56 Å². The molecular formula is C24H22IN3O. The highest BCUT2D eigenvalue weighted by Gasteiger charge is 2.21. The number of benzene rings is 2. The molecule has 2 aromatic carbocycles. The zero-order valence-electron chi connectivity index (χ0n) is 16.5. The smallest absolute Gasteiger partial charge is 0.230 e. The second-order valence-electron chi connectivity index (χ2n) is 7.48. The van der Waals surface area contributed by atoms with Crippen molar-refractivity contribution in [3.63, 3.8) is 0 Å². The number of nitrogens with one attached hydrogen (secondary N) is 1. The molecule has 3 aromatic rings. The van der Waals surface area contributed by atoms with Crippen LogP contribution in [0.2, 0.25) is 0 Å². The van der Waals surface area contributed by atoms with Crippen molar-refractivity contribution in [2.75, 3.05) is 5.32 Å². The summed E-state index contributed by atoms with van der Waals surface area (Å²) < 4.78 is 1.15. The van der Waals surface area contributed by atoms with E-state index in [0.717, 1.165) is 44.5 Å². The molecule has 4 rings (SSSR count). The minimum absolute atomic E-state index is 0.0833. The molecule has 0 saturated carbocycles. The highest BCUT2D eigenvalue weighted by Crippen LogP contribution is 2.33. The van der Waals surface area contributed by atoms with Crippen molar-refractivity contribution in [3.05, 3.63) is 80.2 Å². The van der Waals surface area contributed by atoms with Crippen LogP contribution >= 0.6 is 22.6 Å². The number of nitrogens with zero attached hydrogens (tertiary/aromatic N) is 2. The van der Waals surface area contributed by atoms with Gasteiger partial charge in [0.25, 0.3) is 0 Å². The van der Waals surface area contributed by atoms with Crippen LogP contribution in [-0.2, 0) is 24.1 Å². The number of fused-ring (bicyclic) bond motifs is 3. The average molecular weight is 495 g/mol. The quantitative estimate of drug-likeness (QED) is 0.490. The molecule has 0 bridgehead atoms. The lowest BCUT2D eigenvalue weighted by molar-refractivity contribution is -0.115. The monoisotopic (exact) mass is 495 g/mol. The highest BCUT2D eigenvalue weighted by molar-refractivity contribution is 14.1. The van der Waals surface area contributed by atoms with Gasteiger partial charge in [-0.1, -0.05) is 42.0 Å². The minimum atomic E-state index is -0.0833. The summed E-state index contributed by atoms with van der Waals surface area (Å²) in [5.74, 6) is 0.458. The zero-order chi connectivity index (χ0) is 20.4. The number of carbonyl (C=O) groups is 1. The van der Waals surface area contributed by atoms with Crippen LogP contribution in [0.3, 0.4) is 0 Å². The first-order chi connectivity index (χ1) is 14.0. The van der Waals surface area contributed by atoms with Crippen LogP contribution in [0.1, 0.15) is 36.4 Å². The molecule has 0 unspecified atom stereocenters. The third-order valence-electron chi connectivity index (χ3n) is 4.86. The Morgan fingerprint density at radius 1 is 1.07 bits per heavy atom.